The molecule has 1 heterocycles. The number of nitrogens with zero attached hydrogens (tertiary/aromatic N) is 1. The monoisotopic (exact) mass is 468 g/mol. The van der Waals surface area contributed by atoms with Crippen molar-refractivity contribution in [2.24, 2.45) is 5.92 Å². The van der Waals surface area contributed by atoms with Crippen molar-refractivity contribution < 1.29 is 27.1 Å². The molecule has 1 fully saturated rings. The number of benzene rings is 2. The van der Waals surface area contributed by atoms with Gasteiger partial charge in [0.25, 0.3) is 0 Å². The SMILES string of the molecule is CCOC(=O)c1ccc(S(=O)(=O)N2CCC(C(=O)Nc3ccc(Cl)cc3F)CC2)cc1. The maximum absolute atomic E-state index is 13.9. The maximum atomic E-state index is 13.9. The summed E-state index contributed by atoms with van der Waals surface area (Å²) in [5, 5.41) is 2.76. The number of carbonyl (C=O) groups is 2. The van der Waals surface area contributed by atoms with E-state index < -0.39 is 27.7 Å². The van der Waals surface area contributed by atoms with E-state index in [1.807, 2.05) is 0 Å². The van der Waals surface area contributed by atoms with Gasteiger partial charge in [0.05, 0.1) is 22.8 Å². The Morgan fingerprint density at radius 2 is 1.81 bits per heavy atom. The van der Waals surface area contributed by atoms with E-state index in [0.717, 1.165) is 6.07 Å². The molecule has 0 saturated carbocycles. The zero-order chi connectivity index (χ0) is 22.6. The summed E-state index contributed by atoms with van der Waals surface area (Å²) >= 11 is 5.71. The van der Waals surface area contributed by atoms with E-state index in [2.05, 4.69) is 5.32 Å². The molecule has 31 heavy (non-hydrogen) atoms. The average Bonchev–Trinajstić information content (AvgIpc) is 2.76. The van der Waals surface area contributed by atoms with Crippen LogP contribution in [0.1, 0.15) is 30.1 Å². The van der Waals surface area contributed by atoms with Crippen molar-refractivity contribution in [3.63, 3.8) is 0 Å². The molecule has 1 saturated heterocycles. The number of nitrogens with one attached hydrogen (secondary N) is 1. The highest BCUT2D eigenvalue weighted by molar-refractivity contribution is 7.89. The molecule has 1 aliphatic rings. The summed E-state index contributed by atoms with van der Waals surface area (Å²) in [6.45, 7) is 2.23. The van der Waals surface area contributed by atoms with Gasteiger partial charge in [-0.3, -0.25) is 4.79 Å². The summed E-state index contributed by atoms with van der Waals surface area (Å²) < 4.78 is 45.9. The van der Waals surface area contributed by atoms with E-state index in [1.165, 1.54) is 40.7 Å². The van der Waals surface area contributed by atoms with Gasteiger partial charge in [0.1, 0.15) is 5.82 Å². The number of rotatable bonds is 6. The number of sulfonamides is 1. The van der Waals surface area contributed by atoms with Crippen molar-refractivity contribution in [3.8, 4) is 0 Å². The van der Waals surface area contributed by atoms with Gasteiger partial charge in [-0.25, -0.2) is 17.6 Å². The molecule has 166 valence electrons. The Kier molecular flexibility index (Phi) is 7.30. The van der Waals surface area contributed by atoms with Crippen molar-refractivity contribution >= 4 is 39.2 Å². The zero-order valence-corrected chi connectivity index (χ0v) is 18.4. The third-order valence-corrected chi connectivity index (χ3v) is 7.16. The van der Waals surface area contributed by atoms with Gasteiger partial charge in [0.2, 0.25) is 15.9 Å². The van der Waals surface area contributed by atoms with Gasteiger partial charge < -0.3 is 10.1 Å². The Hall–Kier alpha value is -2.49. The second-order valence-electron chi connectivity index (χ2n) is 7.04. The number of piperidine rings is 1. The van der Waals surface area contributed by atoms with Gasteiger partial charge in [0.15, 0.2) is 0 Å². The van der Waals surface area contributed by atoms with Gasteiger partial charge in [-0.2, -0.15) is 4.31 Å². The number of esters is 1. The largest absolute Gasteiger partial charge is 0.462 e. The van der Waals surface area contributed by atoms with Crippen molar-refractivity contribution in [1.29, 1.82) is 0 Å². The highest BCUT2D eigenvalue weighted by atomic mass is 35.5. The van der Waals surface area contributed by atoms with Crippen LogP contribution in [-0.4, -0.2) is 44.3 Å². The lowest BCUT2D eigenvalue weighted by Crippen LogP contribution is -2.41. The molecular formula is C21H22ClFN2O5S. The first-order valence-corrected chi connectivity index (χ1v) is 11.6. The van der Waals surface area contributed by atoms with Crippen LogP contribution in [0.25, 0.3) is 0 Å². The molecule has 0 radical (unpaired) electrons. The summed E-state index contributed by atoms with van der Waals surface area (Å²) in [6.07, 6.45) is 0.613. The number of hydrogen-bond donors (Lipinski definition) is 1. The minimum absolute atomic E-state index is 0.0335. The van der Waals surface area contributed by atoms with Crippen molar-refractivity contribution in [1.82, 2.24) is 4.31 Å². The van der Waals surface area contributed by atoms with Gasteiger partial charge in [-0.1, -0.05) is 11.6 Å². The van der Waals surface area contributed by atoms with Crippen LogP contribution in [0.3, 0.4) is 0 Å². The molecule has 7 nitrogen and oxygen atoms in total. The molecule has 0 aromatic heterocycles. The first-order valence-electron chi connectivity index (χ1n) is 9.75. The number of carbonyl (C=O) groups excluding carboxylic acids is 2. The quantitative estimate of drug-likeness (QED) is 0.652. The summed E-state index contributed by atoms with van der Waals surface area (Å²) in [4.78, 5) is 24.3. The summed E-state index contributed by atoms with van der Waals surface area (Å²) in [7, 11) is -3.76. The number of ether oxygens (including phenoxy) is 1. The third kappa shape index (κ3) is 5.41. The fourth-order valence-electron chi connectivity index (χ4n) is 3.31. The summed E-state index contributed by atoms with van der Waals surface area (Å²) in [6, 6.07) is 9.52. The third-order valence-electron chi connectivity index (χ3n) is 5.02. The van der Waals surface area contributed by atoms with E-state index in [-0.39, 0.29) is 46.8 Å². The first-order chi connectivity index (χ1) is 14.7. The molecule has 0 unspecified atom stereocenters. The van der Waals surface area contributed by atoms with E-state index in [0.29, 0.717) is 12.8 Å². The summed E-state index contributed by atoms with van der Waals surface area (Å²) in [5.74, 6) is -1.95. The Morgan fingerprint density at radius 1 is 1.16 bits per heavy atom. The minimum atomic E-state index is -3.76. The van der Waals surface area contributed by atoms with Crippen LogP contribution < -0.4 is 5.32 Å². The van der Waals surface area contributed by atoms with Crippen LogP contribution >= 0.6 is 11.6 Å². The van der Waals surface area contributed by atoms with E-state index in [1.54, 1.807) is 6.92 Å². The number of amides is 1. The molecule has 1 N–H and O–H groups in total. The predicted molar refractivity (Wildman–Crippen MR) is 114 cm³/mol. The standard InChI is InChI=1S/C21H22ClFN2O5S/c1-2-30-21(27)15-3-6-17(7-4-15)31(28,29)25-11-9-14(10-12-25)20(26)24-19-8-5-16(22)13-18(19)23/h3-8,13-14H,2,9-12H2,1H3,(H,24,26). The summed E-state index contributed by atoms with van der Waals surface area (Å²) in [5.41, 5.74) is 0.303. The van der Waals surface area contributed by atoms with Crippen LogP contribution in [0.15, 0.2) is 47.4 Å². The van der Waals surface area contributed by atoms with E-state index >= 15 is 0 Å². The molecule has 1 amide bonds. The predicted octanol–water partition coefficient (Wildman–Crippen LogP) is 3.70. The topological polar surface area (TPSA) is 92.8 Å². The van der Waals surface area contributed by atoms with Crippen LogP contribution in [-0.2, 0) is 19.6 Å². The van der Waals surface area contributed by atoms with Crippen LogP contribution in [0.5, 0.6) is 0 Å². The Balaban J connectivity index is 1.61. The molecule has 10 heteroatoms. The second kappa shape index (κ2) is 9.76. The van der Waals surface area contributed by atoms with Gasteiger partial charge in [0, 0.05) is 24.0 Å². The fourth-order valence-corrected chi connectivity index (χ4v) is 4.94. The lowest BCUT2D eigenvalue weighted by atomic mass is 9.97. The smallest absolute Gasteiger partial charge is 0.338 e. The normalized spacial score (nSPS) is 15.5. The average molecular weight is 469 g/mol. The Labute approximate surface area is 185 Å². The fraction of sp³-hybridized carbons (Fsp3) is 0.333. The lowest BCUT2D eigenvalue weighted by molar-refractivity contribution is -0.120. The molecule has 0 aliphatic carbocycles. The molecule has 3 rings (SSSR count). The molecular weight excluding hydrogens is 447 g/mol. The molecule has 2 aromatic carbocycles. The lowest BCUT2D eigenvalue weighted by Gasteiger charge is -2.30. The number of hydrogen-bond acceptors (Lipinski definition) is 5. The van der Waals surface area contributed by atoms with Gasteiger partial charge in [-0.05, 0) is 62.2 Å². The molecule has 0 bridgehead atoms. The van der Waals surface area contributed by atoms with Gasteiger partial charge >= 0.3 is 5.97 Å². The van der Waals surface area contributed by atoms with Crippen molar-refractivity contribution in [3.05, 3.63) is 58.9 Å². The molecule has 1 aliphatic heterocycles. The highest BCUT2D eigenvalue weighted by Gasteiger charge is 2.32. The maximum Gasteiger partial charge on any atom is 0.338 e. The molecule has 0 atom stereocenters. The second-order valence-corrected chi connectivity index (χ2v) is 9.41. The van der Waals surface area contributed by atoms with E-state index in [9.17, 15) is 22.4 Å². The van der Waals surface area contributed by atoms with Gasteiger partial charge in [-0.15, -0.1) is 0 Å². The Bertz CT molecular complexity index is 1070. The van der Waals surface area contributed by atoms with Crippen molar-refractivity contribution in [2.45, 2.75) is 24.7 Å². The molecule has 2 aromatic rings. The van der Waals surface area contributed by atoms with Crippen LogP contribution in [0.4, 0.5) is 10.1 Å². The Morgan fingerprint density at radius 3 is 2.39 bits per heavy atom. The highest BCUT2D eigenvalue weighted by Crippen LogP contribution is 2.26. The van der Waals surface area contributed by atoms with Crippen LogP contribution in [0.2, 0.25) is 5.02 Å². The van der Waals surface area contributed by atoms with Crippen LogP contribution in [0, 0.1) is 11.7 Å². The van der Waals surface area contributed by atoms with E-state index in [4.69, 9.17) is 16.3 Å². The minimum Gasteiger partial charge on any atom is -0.462 e. The number of halogens is 2. The number of anilines is 1. The van der Waals surface area contributed by atoms with Crippen molar-refractivity contribution in [2.75, 3.05) is 25.0 Å². The molecule has 0 spiro atoms. The zero-order valence-electron chi connectivity index (χ0n) is 16.8. The first kappa shape index (κ1) is 23.2.